The zero-order valence-electron chi connectivity index (χ0n) is 11.8. The van der Waals surface area contributed by atoms with Crippen LogP contribution < -0.4 is 4.74 Å². The Morgan fingerprint density at radius 3 is 2.70 bits per heavy atom. The minimum Gasteiger partial charge on any atom is -0.436 e. The highest BCUT2D eigenvalue weighted by Crippen LogP contribution is 2.33. The van der Waals surface area contributed by atoms with Gasteiger partial charge in [-0.3, -0.25) is 0 Å². The fourth-order valence-corrected chi connectivity index (χ4v) is 2.44. The van der Waals surface area contributed by atoms with E-state index in [1.165, 1.54) is 6.07 Å². The smallest absolute Gasteiger partial charge is 0.241 e. The van der Waals surface area contributed by atoms with E-state index < -0.39 is 11.6 Å². The molecule has 0 unspecified atom stereocenters. The molecule has 1 aromatic heterocycles. The molecular weight excluding hydrogens is 368 g/mol. The summed E-state index contributed by atoms with van der Waals surface area (Å²) in [6, 6.07) is 9.29. The Balaban J connectivity index is 2.10. The summed E-state index contributed by atoms with van der Waals surface area (Å²) in [7, 11) is 0. The van der Waals surface area contributed by atoms with E-state index in [-0.39, 0.29) is 16.9 Å². The molecule has 0 radical (unpaired) electrons. The third kappa shape index (κ3) is 2.73. The number of halogens is 3. The SMILES string of the molecule is Cc1nc2c(F)c(F)ccc2nc1Oc1cccc(C#N)c1Br. The molecule has 0 amide bonds. The van der Waals surface area contributed by atoms with E-state index in [4.69, 9.17) is 10.00 Å². The van der Waals surface area contributed by atoms with Crippen LogP contribution in [0.3, 0.4) is 0 Å². The first-order chi connectivity index (χ1) is 11.0. The third-order valence-electron chi connectivity index (χ3n) is 3.15. The molecule has 0 atom stereocenters. The number of nitrogens with zero attached hydrogens (tertiary/aromatic N) is 3. The predicted molar refractivity (Wildman–Crippen MR) is 83.1 cm³/mol. The number of ether oxygens (including phenoxy) is 1. The normalized spacial score (nSPS) is 10.6. The monoisotopic (exact) mass is 375 g/mol. The highest BCUT2D eigenvalue weighted by Gasteiger charge is 2.15. The summed E-state index contributed by atoms with van der Waals surface area (Å²) in [5.41, 5.74) is 0.732. The van der Waals surface area contributed by atoms with Gasteiger partial charge in [0, 0.05) is 0 Å². The van der Waals surface area contributed by atoms with Crippen molar-refractivity contribution in [3.63, 3.8) is 0 Å². The first-order valence-corrected chi connectivity index (χ1v) is 7.29. The molecule has 3 rings (SSSR count). The molecule has 3 aromatic rings. The third-order valence-corrected chi connectivity index (χ3v) is 3.97. The second kappa shape index (κ2) is 5.89. The molecule has 0 aliphatic rings. The van der Waals surface area contributed by atoms with Crippen LogP contribution >= 0.6 is 15.9 Å². The van der Waals surface area contributed by atoms with Crippen LogP contribution in [0.2, 0.25) is 0 Å². The van der Waals surface area contributed by atoms with Crippen molar-refractivity contribution in [1.82, 2.24) is 9.97 Å². The minimum atomic E-state index is -1.04. The number of hydrogen-bond acceptors (Lipinski definition) is 4. The molecule has 0 saturated heterocycles. The summed E-state index contributed by atoms with van der Waals surface area (Å²) >= 11 is 3.29. The molecule has 7 heteroatoms. The van der Waals surface area contributed by atoms with Crippen molar-refractivity contribution in [1.29, 1.82) is 5.26 Å². The van der Waals surface area contributed by atoms with Gasteiger partial charge >= 0.3 is 0 Å². The Labute approximate surface area is 138 Å². The second-order valence-corrected chi connectivity index (χ2v) is 5.47. The van der Waals surface area contributed by atoms with Crippen molar-refractivity contribution in [2.24, 2.45) is 0 Å². The standard InChI is InChI=1S/C16H8BrF2N3O/c1-8-16(23-12-4-2-3-9(7-20)13(12)17)22-11-6-5-10(18)14(19)15(11)21-8/h2-6H,1H3. The van der Waals surface area contributed by atoms with Gasteiger partial charge in [-0.2, -0.15) is 5.26 Å². The first-order valence-electron chi connectivity index (χ1n) is 6.50. The van der Waals surface area contributed by atoms with Crippen LogP contribution in [0.25, 0.3) is 11.0 Å². The maximum absolute atomic E-state index is 13.7. The van der Waals surface area contributed by atoms with Gasteiger partial charge < -0.3 is 4.74 Å². The van der Waals surface area contributed by atoms with Crippen LogP contribution in [0.1, 0.15) is 11.3 Å². The van der Waals surface area contributed by atoms with E-state index in [2.05, 4.69) is 25.9 Å². The maximum atomic E-state index is 13.7. The van der Waals surface area contributed by atoms with Crippen molar-refractivity contribution in [2.45, 2.75) is 6.92 Å². The first kappa shape index (κ1) is 15.3. The van der Waals surface area contributed by atoms with E-state index in [1.807, 2.05) is 6.07 Å². The lowest BCUT2D eigenvalue weighted by atomic mass is 10.2. The van der Waals surface area contributed by atoms with Gasteiger partial charge in [-0.1, -0.05) is 6.07 Å². The Morgan fingerprint density at radius 1 is 1.17 bits per heavy atom. The quantitative estimate of drug-likeness (QED) is 0.654. The molecule has 2 aromatic carbocycles. The molecule has 0 aliphatic carbocycles. The van der Waals surface area contributed by atoms with Gasteiger partial charge in [-0.15, -0.1) is 0 Å². The Kier molecular flexibility index (Phi) is 3.92. The van der Waals surface area contributed by atoms with Crippen molar-refractivity contribution in [2.75, 3.05) is 0 Å². The highest BCUT2D eigenvalue weighted by molar-refractivity contribution is 9.10. The van der Waals surface area contributed by atoms with Crippen LogP contribution in [0.5, 0.6) is 11.6 Å². The van der Waals surface area contributed by atoms with Crippen molar-refractivity contribution in [3.8, 4) is 17.7 Å². The number of aromatic nitrogens is 2. The number of aryl methyl sites for hydroxylation is 1. The molecular formula is C16H8BrF2N3O. The van der Waals surface area contributed by atoms with Gasteiger partial charge in [0.1, 0.15) is 23.0 Å². The highest BCUT2D eigenvalue weighted by atomic mass is 79.9. The van der Waals surface area contributed by atoms with Crippen molar-refractivity contribution < 1.29 is 13.5 Å². The van der Waals surface area contributed by atoms with E-state index in [0.29, 0.717) is 21.5 Å². The van der Waals surface area contributed by atoms with Crippen molar-refractivity contribution in [3.05, 3.63) is 57.7 Å². The van der Waals surface area contributed by atoms with Gasteiger partial charge in [0.05, 0.1) is 15.6 Å². The van der Waals surface area contributed by atoms with Gasteiger partial charge in [-0.05, 0) is 47.1 Å². The summed E-state index contributed by atoms with van der Waals surface area (Å²) < 4.78 is 33.1. The molecule has 4 nitrogen and oxygen atoms in total. The Morgan fingerprint density at radius 2 is 1.96 bits per heavy atom. The zero-order chi connectivity index (χ0) is 16.6. The molecule has 23 heavy (non-hydrogen) atoms. The molecule has 0 aliphatic heterocycles. The molecule has 0 spiro atoms. The average molecular weight is 376 g/mol. The maximum Gasteiger partial charge on any atom is 0.241 e. The summed E-state index contributed by atoms with van der Waals surface area (Å²) in [6.07, 6.45) is 0. The number of fused-ring (bicyclic) bond motifs is 1. The lowest BCUT2D eigenvalue weighted by molar-refractivity contribution is 0.454. The van der Waals surface area contributed by atoms with E-state index in [0.717, 1.165) is 6.07 Å². The molecule has 0 saturated carbocycles. The van der Waals surface area contributed by atoms with Gasteiger partial charge in [0.15, 0.2) is 11.6 Å². The number of hydrogen-bond donors (Lipinski definition) is 0. The van der Waals surface area contributed by atoms with Crippen LogP contribution in [-0.4, -0.2) is 9.97 Å². The van der Waals surface area contributed by atoms with Gasteiger partial charge in [0.2, 0.25) is 5.88 Å². The topological polar surface area (TPSA) is 58.8 Å². The lowest BCUT2D eigenvalue weighted by Crippen LogP contribution is -1.99. The number of nitriles is 1. The van der Waals surface area contributed by atoms with E-state index in [9.17, 15) is 8.78 Å². The second-order valence-electron chi connectivity index (χ2n) is 4.67. The summed E-state index contributed by atoms with van der Waals surface area (Å²) in [4.78, 5) is 8.20. The largest absolute Gasteiger partial charge is 0.436 e. The van der Waals surface area contributed by atoms with Gasteiger partial charge in [-0.25, -0.2) is 18.7 Å². The molecule has 0 N–H and O–H groups in total. The fourth-order valence-electron chi connectivity index (χ4n) is 2.01. The van der Waals surface area contributed by atoms with E-state index in [1.54, 1.807) is 25.1 Å². The molecule has 0 bridgehead atoms. The zero-order valence-corrected chi connectivity index (χ0v) is 13.4. The fraction of sp³-hybridized carbons (Fsp3) is 0.0625. The van der Waals surface area contributed by atoms with Crippen LogP contribution in [-0.2, 0) is 0 Å². The van der Waals surface area contributed by atoms with Gasteiger partial charge in [0.25, 0.3) is 0 Å². The van der Waals surface area contributed by atoms with E-state index >= 15 is 0 Å². The number of benzene rings is 2. The number of rotatable bonds is 2. The minimum absolute atomic E-state index is 0.152. The predicted octanol–water partition coefficient (Wildman–Crippen LogP) is 4.64. The lowest BCUT2D eigenvalue weighted by Gasteiger charge is -2.10. The summed E-state index contributed by atoms with van der Waals surface area (Å²) in [5.74, 6) is -1.50. The van der Waals surface area contributed by atoms with Crippen LogP contribution in [0.15, 0.2) is 34.8 Å². The summed E-state index contributed by atoms with van der Waals surface area (Å²) in [6.45, 7) is 1.58. The average Bonchev–Trinajstić information content (AvgIpc) is 2.54. The van der Waals surface area contributed by atoms with Crippen LogP contribution in [0.4, 0.5) is 8.78 Å². The molecule has 1 heterocycles. The Hall–Kier alpha value is -2.59. The molecule has 114 valence electrons. The Bertz CT molecular complexity index is 970. The summed E-state index contributed by atoms with van der Waals surface area (Å²) in [5, 5.41) is 9.02. The van der Waals surface area contributed by atoms with Crippen molar-refractivity contribution >= 4 is 27.0 Å². The molecule has 0 fully saturated rings. The van der Waals surface area contributed by atoms with Crippen LogP contribution in [0, 0.1) is 29.9 Å².